The van der Waals surface area contributed by atoms with Gasteiger partial charge in [-0.15, -0.1) is 0 Å². The molecule has 0 aliphatic carbocycles. The van der Waals surface area contributed by atoms with Gasteiger partial charge in [-0.3, -0.25) is 4.79 Å². The summed E-state index contributed by atoms with van der Waals surface area (Å²) in [5, 5.41) is 17.0. The van der Waals surface area contributed by atoms with Crippen LogP contribution in [0.1, 0.15) is 30.9 Å². The number of benzene rings is 2. The second kappa shape index (κ2) is 7.07. The van der Waals surface area contributed by atoms with Gasteiger partial charge in [0.05, 0.1) is 13.5 Å². The maximum atomic E-state index is 12.8. The van der Waals surface area contributed by atoms with E-state index in [0.717, 1.165) is 11.3 Å². The third-order valence-electron chi connectivity index (χ3n) is 4.42. The minimum absolute atomic E-state index is 0.188. The molecule has 1 heterocycles. The first-order valence-corrected chi connectivity index (χ1v) is 8.37. The summed E-state index contributed by atoms with van der Waals surface area (Å²) in [5.41, 5.74) is 0.805. The zero-order chi connectivity index (χ0) is 17.9. The van der Waals surface area contributed by atoms with Gasteiger partial charge in [-0.2, -0.15) is 10.1 Å². The van der Waals surface area contributed by atoms with Crippen molar-refractivity contribution >= 4 is 11.6 Å². The highest BCUT2D eigenvalue weighted by Crippen LogP contribution is 2.37. The molecule has 3 rings (SSSR count). The van der Waals surface area contributed by atoms with Crippen molar-refractivity contribution in [1.29, 1.82) is 0 Å². The first kappa shape index (κ1) is 17.2. The van der Waals surface area contributed by atoms with Crippen molar-refractivity contribution in [2.45, 2.75) is 31.9 Å². The summed E-state index contributed by atoms with van der Waals surface area (Å²) in [6, 6.07) is 16.6. The lowest BCUT2D eigenvalue weighted by atomic mass is 9.96. The Hall–Kier alpha value is -2.66. The molecule has 0 bridgehead atoms. The van der Waals surface area contributed by atoms with Crippen LogP contribution in [-0.2, 0) is 16.9 Å². The largest absolute Gasteiger partial charge is 0.497 e. The van der Waals surface area contributed by atoms with E-state index >= 15 is 0 Å². The summed E-state index contributed by atoms with van der Waals surface area (Å²) in [5.74, 6) is 0.395. The SMILES string of the molecule is CCC1=NN(C(=O)Cc2ccccc2)[C@](O)(c2cccc(OC)c2)C1. The van der Waals surface area contributed by atoms with Gasteiger partial charge in [-0.1, -0.05) is 49.4 Å². The van der Waals surface area contributed by atoms with Gasteiger partial charge in [-0.25, -0.2) is 0 Å². The number of carbonyl (C=O) groups is 1. The number of hydrazone groups is 1. The summed E-state index contributed by atoms with van der Waals surface area (Å²) in [7, 11) is 1.57. The Morgan fingerprint density at radius 1 is 1.24 bits per heavy atom. The normalized spacial score (nSPS) is 19.6. The van der Waals surface area contributed by atoms with E-state index in [4.69, 9.17) is 4.74 Å². The molecule has 1 atom stereocenters. The predicted octanol–water partition coefficient (Wildman–Crippen LogP) is 3.08. The van der Waals surface area contributed by atoms with Gasteiger partial charge in [0.25, 0.3) is 0 Å². The van der Waals surface area contributed by atoms with Gasteiger partial charge in [0.1, 0.15) is 5.75 Å². The van der Waals surface area contributed by atoms with Crippen LogP contribution < -0.4 is 4.74 Å². The lowest BCUT2D eigenvalue weighted by molar-refractivity contribution is -0.157. The average molecular weight is 338 g/mol. The first-order valence-electron chi connectivity index (χ1n) is 8.37. The number of ether oxygens (including phenoxy) is 1. The fourth-order valence-corrected chi connectivity index (χ4v) is 3.02. The van der Waals surface area contributed by atoms with Crippen molar-refractivity contribution in [3.63, 3.8) is 0 Å². The summed E-state index contributed by atoms with van der Waals surface area (Å²) >= 11 is 0. The van der Waals surface area contributed by atoms with E-state index in [0.29, 0.717) is 24.2 Å². The van der Waals surface area contributed by atoms with Gasteiger partial charge >= 0.3 is 0 Å². The minimum Gasteiger partial charge on any atom is -0.497 e. The Balaban J connectivity index is 1.93. The molecular formula is C20H22N2O3. The third-order valence-corrected chi connectivity index (χ3v) is 4.42. The van der Waals surface area contributed by atoms with Crippen molar-refractivity contribution in [3.05, 3.63) is 65.7 Å². The standard InChI is InChI=1S/C20H22N2O3/c1-3-17-14-20(24,16-10-7-11-18(13-16)25-2)22(21-17)19(23)12-15-8-5-4-6-9-15/h4-11,13,24H,3,12,14H2,1-2H3/t20-/m1/s1. The molecule has 0 spiro atoms. The van der Waals surface area contributed by atoms with E-state index in [1.165, 1.54) is 5.01 Å². The Bertz CT molecular complexity index is 789. The minimum atomic E-state index is -1.48. The van der Waals surface area contributed by atoms with Gasteiger partial charge in [-0.05, 0) is 24.1 Å². The fraction of sp³-hybridized carbons (Fsp3) is 0.300. The molecule has 130 valence electrons. The molecule has 0 unspecified atom stereocenters. The molecule has 0 saturated heterocycles. The van der Waals surface area contributed by atoms with Gasteiger partial charge in [0.15, 0.2) is 5.72 Å². The smallest absolute Gasteiger partial charge is 0.250 e. The number of amides is 1. The molecule has 5 heteroatoms. The Morgan fingerprint density at radius 3 is 2.68 bits per heavy atom. The number of nitrogens with zero attached hydrogens (tertiary/aromatic N) is 2. The van der Waals surface area contributed by atoms with Crippen molar-refractivity contribution in [3.8, 4) is 5.75 Å². The maximum Gasteiger partial charge on any atom is 0.250 e. The third kappa shape index (κ3) is 3.42. The van der Waals surface area contributed by atoms with Crippen molar-refractivity contribution in [2.24, 2.45) is 5.10 Å². The topological polar surface area (TPSA) is 62.1 Å². The molecule has 1 aliphatic rings. The van der Waals surface area contributed by atoms with Crippen LogP contribution in [0.4, 0.5) is 0 Å². The Kier molecular flexibility index (Phi) is 4.86. The van der Waals surface area contributed by atoms with Crippen LogP contribution in [0.3, 0.4) is 0 Å². The number of rotatable bonds is 5. The second-order valence-electron chi connectivity index (χ2n) is 6.11. The molecule has 0 saturated carbocycles. The van der Waals surface area contributed by atoms with E-state index in [2.05, 4.69) is 5.10 Å². The first-order chi connectivity index (χ1) is 12.1. The van der Waals surface area contributed by atoms with Crippen LogP contribution in [0, 0.1) is 0 Å². The number of hydrogen-bond donors (Lipinski definition) is 1. The highest BCUT2D eigenvalue weighted by Gasteiger charge is 2.45. The highest BCUT2D eigenvalue weighted by molar-refractivity contribution is 5.91. The lowest BCUT2D eigenvalue weighted by Crippen LogP contribution is -2.44. The number of methoxy groups -OCH3 is 1. The average Bonchev–Trinajstić information content (AvgIpc) is 3.01. The van der Waals surface area contributed by atoms with Crippen molar-refractivity contribution in [1.82, 2.24) is 5.01 Å². The van der Waals surface area contributed by atoms with E-state index in [-0.39, 0.29) is 12.3 Å². The van der Waals surface area contributed by atoms with E-state index in [1.54, 1.807) is 31.4 Å². The van der Waals surface area contributed by atoms with Crippen LogP contribution in [0.25, 0.3) is 0 Å². The molecular weight excluding hydrogens is 316 g/mol. The molecule has 1 N–H and O–H groups in total. The molecule has 0 radical (unpaired) electrons. The van der Waals surface area contributed by atoms with Crippen molar-refractivity contribution < 1.29 is 14.6 Å². The zero-order valence-corrected chi connectivity index (χ0v) is 14.5. The van der Waals surface area contributed by atoms with Crippen LogP contribution >= 0.6 is 0 Å². The lowest BCUT2D eigenvalue weighted by Gasteiger charge is -2.31. The van der Waals surface area contributed by atoms with Crippen LogP contribution in [-0.4, -0.2) is 28.8 Å². The van der Waals surface area contributed by atoms with Gasteiger partial charge < -0.3 is 9.84 Å². The molecule has 1 aliphatic heterocycles. The molecule has 2 aromatic rings. The Morgan fingerprint density at radius 2 is 2.00 bits per heavy atom. The van der Waals surface area contributed by atoms with Gasteiger partial charge in [0.2, 0.25) is 5.91 Å². The van der Waals surface area contributed by atoms with Gasteiger partial charge in [0, 0.05) is 17.7 Å². The number of hydrogen-bond acceptors (Lipinski definition) is 4. The molecule has 2 aromatic carbocycles. The Labute approximate surface area is 147 Å². The fourth-order valence-electron chi connectivity index (χ4n) is 3.02. The summed E-state index contributed by atoms with van der Waals surface area (Å²) in [6.07, 6.45) is 1.17. The maximum absolute atomic E-state index is 12.8. The van der Waals surface area contributed by atoms with E-state index < -0.39 is 5.72 Å². The predicted molar refractivity (Wildman–Crippen MR) is 96.2 cm³/mol. The van der Waals surface area contributed by atoms with Crippen LogP contribution in [0.2, 0.25) is 0 Å². The number of carbonyl (C=O) groups excluding carboxylic acids is 1. The van der Waals surface area contributed by atoms with E-state index in [1.807, 2.05) is 37.3 Å². The molecule has 0 fully saturated rings. The number of aliphatic hydroxyl groups is 1. The molecule has 25 heavy (non-hydrogen) atoms. The summed E-state index contributed by atoms with van der Waals surface area (Å²) in [4.78, 5) is 12.8. The van der Waals surface area contributed by atoms with Crippen molar-refractivity contribution in [2.75, 3.05) is 7.11 Å². The van der Waals surface area contributed by atoms with Crippen LogP contribution in [0.15, 0.2) is 59.7 Å². The molecule has 5 nitrogen and oxygen atoms in total. The quantitative estimate of drug-likeness (QED) is 0.911. The van der Waals surface area contributed by atoms with Crippen LogP contribution in [0.5, 0.6) is 5.75 Å². The molecule has 1 amide bonds. The second-order valence-corrected chi connectivity index (χ2v) is 6.11. The van der Waals surface area contributed by atoms with E-state index in [9.17, 15) is 9.90 Å². The highest BCUT2D eigenvalue weighted by atomic mass is 16.5. The summed E-state index contributed by atoms with van der Waals surface area (Å²) < 4.78 is 5.25. The molecule has 0 aromatic heterocycles. The summed E-state index contributed by atoms with van der Waals surface area (Å²) in [6.45, 7) is 1.97. The zero-order valence-electron chi connectivity index (χ0n) is 14.5. The monoisotopic (exact) mass is 338 g/mol.